The fourth-order valence-corrected chi connectivity index (χ4v) is 5.13. The quantitative estimate of drug-likeness (QED) is 0.748. The molecule has 2 nitrogen and oxygen atoms in total. The van der Waals surface area contributed by atoms with Gasteiger partial charge >= 0.3 is 0 Å². The average molecular weight is 408 g/mol. The molecule has 1 aromatic heterocycles. The van der Waals surface area contributed by atoms with E-state index in [1.807, 2.05) is 11.3 Å². The van der Waals surface area contributed by atoms with Crippen molar-refractivity contribution in [1.29, 1.82) is 0 Å². The Hall–Kier alpha value is -0.680. The second-order valence-corrected chi connectivity index (χ2v) is 9.05. The van der Waals surface area contributed by atoms with Crippen molar-refractivity contribution in [3.8, 4) is 0 Å². The SMILES string of the molecule is CN(C)C1(c2ccc(Br)cc2)CCC(CCc2cccs2)CC1O. The molecule has 0 radical (unpaired) electrons. The summed E-state index contributed by atoms with van der Waals surface area (Å²) in [7, 11) is 4.19. The van der Waals surface area contributed by atoms with E-state index in [-0.39, 0.29) is 11.6 Å². The maximum atomic E-state index is 11.1. The van der Waals surface area contributed by atoms with Gasteiger partial charge in [0.1, 0.15) is 0 Å². The van der Waals surface area contributed by atoms with Gasteiger partial charge in [-0.3, -0.25) is 4.90 Å². The monoisotopic (exact) mass is 407 g/mol. The Morgan fingerprint density at radius 2 is 2.00 bits per heavy atom. The highest BCUT2D eigenvalue weighted by atomic mass is 79.9. The number of halogens is 1. The Labute approximate surface area is 157 Å². The first-order chi connectivity index (χ1) is 11.5. The van der Waals surface area contributed by atoms with Crippen LogP contribution in [-0.2, 0) is 12.0 Å². The van der Waals surface area contributed by atoms with Gasteiger partial charge in [0.05, 0.1) is 11.6 Å². The van der Waals surface area contributed by atoms with E-state index in [9.17, 15) is 5.11 Å². The molecular weight excluding hydrogens is 382 g/mol. The van der Waals surface area contributed by atoms with Crippen molar-refractivity contribution >= 4 is 27.3 Å². The minimum atomic E-state index is -0.323. The predicted molar refractivity (Wildman–Crippen MR) is 105 cm³/mol. The lowest BCUT2D eigenvalue weighted by molar-refractivity contribution is -0.0581. The molecule has 0 saturated heterocycles. The van der Waals surface area contributed by atoms with E-state index < -0.39 is 0 Å². The normalized spacial score (nSPS) is 27.5. The first-order valence-corrected chi connectivity index (χ1v) is 10.3. The number of nitrogens with zero attached hydrogens (tertiary/aromatic N) is 1. The van der Waals surface area contributed by atoms with Crippen LogP contribution < -0.4 is 0 Å². The summed E-state index contributed by atoms with van der Waals surface area (Å²) in [6.45, 7) is 0. The van der Waals surface area contributed by atoms with E-state index in [0.717, 1.165) is 23.7 Å². The number of aliphatic hydroxyl groups is 1. The van der Waals surface area contributed by atoms with Gasteiger partial charge in [-0.05, 0) is 81.3 Å². The molecule has 0 spiro atoms. The van der Waals surface area contributed by atoms with E-state index in [1.54, 1.807) is 0 Å². The lowest BCUT2D eigenvalue weighted by Gasteiger charge is -2.49. The van der Waals surface area contributed by atoms with E-state index in [0.29, 0.717) is 5.92 Å². The molecule has 2 aromatic rings. The van der Waals surface area contributed by atoms with Gasteiger partial charge in [-0.15, -0.1) is 11.3 Å². The second kappa shape index (κ2) is 7.69. The molecule has 0 bridgehead atoms. The third-order valence-electron chi connectivity index (χ3n) is 5.56. The average Bonchev–Trinajstić information content (AvgIpc) is 3.07. The molecule has 1 aliphatic carbocycles. The Kier molecular flexibility index (Phi) is 5.81. The molecule has 0 aliphatic heterocycles. The van der Waals surface area contributed by atoms with Gasteiger partial charge in [-0.2, -0.15) is 0 Å². The predicted octanol–water partition coefficient (Wildman–Crippen LogP) is 5.06. The van der Waals surface area contributed by atoms with Crippen molar-refractivity contribution in [3.63, 3.8) is 0 Å². The molecule has 3 rings (SSSR count). The highest BCUT2D eigenvalue weighted by Crippen LogP contribution is 2.44. The van der Waals surface area contributed by atoms with Crippen molar-refractivity contribution in [1.82, 2.24) is 4.90 Å². The van der Waals surface area contributed by atoms with Crippen molar-refractivity contribution in [2.75, 3.05) is 14.1 Å². The highest BCUT2D eigenvalue weighted by Gasteiger charge is 2.45. The zero-order valence-electron chi connectivity index (χ0n) is 14.4. The largest absolute Gasteiger partial charge is 0.391 e. The summed E-state index contributed by atoms with van der Waals surface area (Å²) in [5.74, 6) is 0.616. The van der Waals surface area contributed by atoms with Gasteiger partial charge < -0.3 is 5.11 Å². The van der Waals surface area contributed by atoms with E-state index in [2.05, 4.69) is 76.7 Å². The smallest absolute Gasteiger partial charge is 0.0768 e. The fourth-order valence-electron chi connectivity index (χ4n) is 4.14. The van der Waals surface area contributed by atoms with Crippen molar-refractivity contribution in [2.45, 2.75) is 43.7 Å². The van der Waals surface area contributed by atoms with Crippen LogP contribution >= 0.6 is 27.3 Å². The van der Waals surface area contributed by atoms with Crippen LogP contribution in [0.15, 0.2) is 46.3 Å². The second-order valence-electron chi connectivity index (χ2n) is 7.10. The standard InChI is InChI=1S/C20H26BrNOS/c1-22(2)20(16-6-8-17(21)9-7-16)12-11-15(14-19(20)23)5-10-18-4-3-13-24-18/h3-4,6-9,13,15,19,23H,5,10-12,14H2,1-2H3. The summed E-state index contributed by atoms with van der Waals surface area (Å²) in [6, 6.07) is 12.8. The summed E-state index contributed by atoms with van der Waals surface area (Å²) in [5, 5.41) is 13.2. The highest BCUT2D eigenvalue weighted by molar-refractivity contribution is 9.10. The van der Waals surface area contributed by atoms with Crippen molar-refractivity contribution in [3.05, 3.63) is 56.7 Å². The summed E-state index contributed by atoms with van der Waals surface area (Å²) >= 11 is 5.35. The lowest BCUT2D eigenvalue weighted by atomic mass is 9.69. The number of aryl methyl sites for hydroxylation is 1. The summed E-state index contributed by atoms with van der Waals surface area (Å²) in [5.41, 5.74) is 0.958. The number of rotatable bonds is 5. The maximum absolute atomic E-state index is 11.1. The Morgan fingerprint density at radius 1 is 1.25 bits per heavy atom. The first kappa shape index (κ1) is 18.1. The van der Waals surface area contributed by atoms with Crippen LogP contribution in [-0.4, -0.2) is 30.2 Å². The summed E-state index contributed by atoms with van der Waals surface area (Å²) in [6.07, 6.45) is 5.08. The number of hydrogen-bond acceptors (Lipinski definition) is 3. The molecule has 1 saturated carbocycles. The first-order valence-electron chi connectivity index (χ1n) is 8.66. The minimum Gasteiger partial charge on any atom is -0.391 e. The molecule has 0 amide bonds. The molecule has 1 aromatic carbocycles. The molecule has 1 aliphatic rings. The third kappa shape index (κ3) is 3.62. The topological polar surface area (TPSA) is 23.5 Å². The molecule has 130 valence electrons. The van der Waals surface area contributed by atoms with Crippen LogP contribution in [0, 0.1) is 5.92 Å². The molecular formula is C20H26BrNOS. The van der Waals surface area contributed by atoms with Gasteiger partial charge in [-0.25, -0.2) is 0 Å². The Balaban J connectivity index is 1.72. The van der Waals surface area contributed by atoms with Crippen molar-refractivity contribution < 1.29 is 5.11 Å². The Morgan fingerprint density at radius 3 is 2.58 bits per heavy atom. The lowest BCUT2D eigenvalue weighted by Crippen LogP contribution is -2.54. The van der Waals surface area contributed by atoms with Crippen LogP contribution in [0.3, 0.4) is 0 Å². The number of benzene rings is 1. The molecule has 1 N–H and O–H groups in total. The van der Waals surface area contributed by atoms with Crippen molar-refractivity contribution in [2.24, 2.45) is 5.92 Å². The number of likely N-dealkylation sites (N-methyl/N-ethyl adjacent to an activating group) is 1. The van der Waals surface area contributed by atoms with Gasteiger partial charge in [-0.1, -0.05) is 34.1 Å². The van der Waals surface area contributed by atoms with Gasteiger partial charge in [0.15, 0.2) is 0 Å². The van der Waals surface area contributed by atoms with Crippen LogP contribution in [0.5, 0.6) is 0 Å². The molecule has 4 heteroatoms. The van der Waals surface area contributed by atoms with E-state index in [1.165, 1.54) is 23.3 Å². The fraction of sp³-hybridized carbons (Fsp3) is 0.500. The maximum Gasteiger partial charge on any atom is 0.0768 e. The molecule has 3 unspecified atom stereocenters. The van der Waals surface area contributed by atoms with Crippen LogP contribution in [0.1, 0.15) is 36.1 Å². The Bertz CT molecular complexity index is 640. The molecule has 1 heterocycles. The van der Waals surface area contributed by atoms with Crippen LogP contribution in [0.2, 0.25) is 0 Å². The zero-order chi connectivity index (χ0) is 17.2. The van der Waals surface area contributed by atoms with Crippen LogP contribution in [0.25, 0.3) is 0 Å². The minimum absolute atomic E-state index is 0.264. The zero-order valence-corrected chi connectivity index (χ0v) is 16.8. The van der Waals surface area contributed by atoms with Gasteiger partial charge in [0, 0.05) is 9.35 Å². The third-order valence-corrected chi connectivity index (χ3v) is 7.03. The summed E-state index contributed by atoms with van der Waals surface area (Å²) in [4.78, 5) is 3.68. The van der Waals surface area contributed by atoms with Gasteiger partial charge in [0.25, 0.3) is 0 Å². The van der Waals surface area contributed by atoms with E-state index >= 15 is 0 Å². The summed E-state index contributed by atoms with van der Waals surface area (Å²) < 4.78 is 1.08. The van der Waals surface area contributed by atoms with E-state index in [4.69, 9.17) is 0 Å². The molecule has 1 fully saturated rings. The van der Waals surface area contributed by atoms with Gasteiger partial charge in [0.2, 0.25) is 0 Å². The number of aliphatic hydroxyl groups excluding tert-OH is 1. The number of hydrogen-bond donors (Lipinski definition) is 1. The van der Waals surface area contributed by atoms with Crippen LogP contribution in [0.4, 0.5) is 0 Å². The number of thiophene rings is 1. The molecule has 3 atom stereocenters. The molecule has 24 heavy (non-hydrogen) atoms.